The van der Waals surface area contributed by atoms with Crippen LogP contribution in [0.2, 0.25) is 0 Å². The van der Waals surface area contributed by atoms with Gasteiger partial charge in [0.2, 0.25) is 5.82 Å². The van der Waals surface area contributed by atoms with Crippen molar-refractivity contribution >= 4 is 33.2 Å². The molecule has 1 fully saturated rings. The molecule has 0 bridgehead atoms. The van der Waals surface area contributed by atoms with Crippen LogP contribution in [0.5, 0.6) is 0 Å². The fraction of sp³-hybridized carbons (Fsp3) is 0.316. The third-order valence-electron chi connectivity index (χ3n) is 4.92. The molecule has 1 saturated heterocycles. The maximum Gasteiger partial charge on any atom is 0.294 e. The fourth-order valence-electron chi connectivity index (χ4n) is 3.68. The van der Waals surface area contributed by atoms with Crippen LogP contribution in [0.3, 0.4) is 0 Å². The Hall–Kier alpha value is -2.87. The maximum atomic E-state index is 13.1. The van der Waals surface area contributed by atoms with Crippen molar-refractivity contribution in [3.63, 3.8) is 0 Å². The molecule has 0 unspecified atom stereocenters. The SMILES string of the molecule is Cc1cc(C)n2nc(C(=O)N3CCC[C@H]3c3nc4ccccc4s3)nc2n1. The molecule has 0 saturated carbocycles. The third-order valence-corrected chi connectivity index (χ3v) is 6.06. The lowest BCUT2D eigenvalue weighted by molar-refractivity contribution is 0.0723. The lowest BCUT2D eigenvalue weighted by Gasteiger charge is -2.21. The Bertz CT molecular complexity index is 1150. The van der Waals surface area contributed by atoms with E-state index in [4.69, 9.17) is 4.98 Å². The van der Waals surface area contributed by atoms with Gasteiger partial charge in [0.1, 0.15) is 5.01 Å². The Morgan fingerprint density at radius 3 is 2.89 bits per heavy atom. The molecule has 0 N–H and O–H groups in total. The molecule has 0 spiro atoms. The quantitative estimate of drug-likeness (QED) is 0.535. The van der Waals surface area contributed by atoms with Crippen molar-refractivity contribution in [1.29, 1.82) is 0 Å². The number of fused-ring (bicyclic) bond motifs is 2. The Balaban J connectivity index is 1.51. The molecular formula is C19H18N6OS. The Morgan fingerprint density at radius 2 is 2.04 bits per heavy atom. The summed E-state index contributed by atoms with van der Waals surface area (Å²) in [4.78, 5) is 28.5. The minimum absolute atomic E-state index is 0.0164. The summed E-state index contributed by atoms with van der Waals surface area (Å²) in [6, 6.07) is 9.99. The lowest BCUT2D eigenvalue weighted by atomic mass is 10.2. The summed E-state index contributed by atoms with van der Waals surface area (Å²) in [5.41, 5.74) is 2.76. The molecule has 1 aliphatic rings. The van der Waals surface area contributed by atoms with Crippen LogP contribution >= 0.6 is 11.3 Å². The van der Waals surface area contributed by atoms with Crippen LogP contribution in [-0.4, -0.2) is 41.9 Å². The second-order valence-electron chi connectivity index (χ2n) is 6.86. The second-order valence-corrected chi connectivity index (χ2v) is 7.92. The van der Waals surface area contributed by atoms with E-state index in [1.807, 2.05) is 43.0 Å². The molecule has 0 aliphatic carbocycles. The first-order valence-corrected chi connectivity index (χ1v) is 9.79. The molecule has 1 atom stereocenters. The van der Waals surface area contributed by atoms with Gasteiger partial charge in [0.15, 0.2) is 0 Å². The Morgan fingerprint density at radius 1 is 1.19 bits per heavy atom. The number of carbonyl (C=O) groups is 1. The average Bonchev–Trinajstić information content (AvgIpc) is 3.37. The first-order valence-electron chi connectivity index (χ1n) is 8.97. The zero-order chi connectivity index (χ0) is 18.5. The summed E-state index contributed by atoms with van der Waals surface area (Å²) < 4.78 is 2.77. The predicted molar refractivity (Wildman–Crippen MR) is 103 cm³/mol. The minimum Gasteiger partial charge on any atom is -0.326 e. The highest BCUT2D eigenvalue weighted by Crippen LogP contribution is 2.37. The van der Waals surface area contributed by atoms with Gasteiger partial charge in [-0.25, -0.2) is 14.5 Å². The molecule has 27 heavy (non-hydrogen) atoms. The molecule has 4 aromatic rings. The number of hydrogen-bond acceptors (Lipinski definition) is 6. The molecule has 1 amide bonds. The summed E-state index contributed by atoms with van der Waals surface area (Å²) in [6.07, 6.45) is 1.87. The predicted octanol–water partition coefficient (Wildman–Crippen LogP) is 3.33. The van der Waals surface area contributed by atoms with Crippen LogP contribution in [-0.2, 0) is 0 Å². The maximum absolute atomic E-state index is 13.1. The highest BCUT2D eigenvalue weighted by Gasteiger charge is 2.34. The number of benzene rings is 1. The number of aromatic nitrogens is 5. The molecule has 8 heteroatoms. The summed E-state index contributed by atoms with van der Waals surface area (Å²) >= 11 is 1.66. The molecule has 4 heterocycles. The zero-order valence-electron chi connectivity index (χ0n) is 15.1. The minimum atomic E-state index is -0.153. The van der Waals surface area contributed by atoms with Crippen molar-refractivity contribution in [2.45, 2.75) is 32.7 Å². The van der Waals surface area contributed by atoms with E-state index >= 15 is 0 Å². The first kappa shape index (κ1) is 16.3. The lowest BCUT2D eigenvalue weighted by Crippen LogP contribution is -2.31. The van der Waals surface area contributed by atoms with Crippen molar-refractivity contribution < 1.29 is 4.79 Å². The van der Waals surface area contributed by atoms with Crippen LogP contribution in [0.4, 0.5) is 0 Å². The van der Waals surface area contributed by atoms with Crippen LogP contribution in [0, 0.1) is 13.8 Å². The summed E-state index contributed by atoms with van der Waals surface area (Å²) in [6.45, 7) is 4.54. The Labute approximate surface area is 159 Å². The molecule has 0 radical (unpaired) electrons. The summed E-state index contributed by atoms with van der Waals surface area (Å²) in [5, 5.41) is 5.39. The van der Waals surface area contributed by atoms with E-state index in [1.54, 1.807) is 15.9 Å². The van der Waals surface area contributed by atoms with Crippen LogP contribution in [0.1, 0.15) is 45.9 Å². The van der Waals surface area contributed by atoms with E-state index in [0.717, 1.165) is 39.5 Å². The fourth-order valence-corrected chi connectivity index (χ4v) is 4.80. The number of amides is 1. The van der Waals surface area contributed by atoms with E-state index in [-0.39, 0.29) is 17.8 Å². The first-order chi connectivity index (χ1) is 13.1. The van der Waals surface area contributed by atoms with Crippen molar-refractivity contribution in [1.82, 2.24) is 29.5 Å². The van der Waals surface area contributed by atoms with Crippen molar-refractivity contribution in [3.8, 4) is 0 Å². The van der Waals surface area contributed by atoms with E-state index in [2.05, 4.69) is 21.1 Å². The normalized spacial score (nSPS) is 17.3. The van der Waals surface area contributed by atoms with Gasteiger partial charge in [-0.1, -0.05) is 12.1 Å². The number of hydrogen-bond donors (Lipinski definition) is 0. The van der Waals surface area contributed by atoms with Gasteiger partial charge in [-0.15, -0.1) is 16.4 Å². The number of thiazole rings is 1. The molecule has 7 nitrogen and oxygen atoms in total. The zero-order valence-corrected chi connectivity index (χ0v) is 15.9. The molecule has 136 valence electrons. The van der Waals surface area contributed by atoms with Gasteiger partial charge in [0.05, 0.1) is 16.3 Å². The van der Waals surface area contributed by atoms with E-state index in [0.29, 0.717) is 12.3 Å². The van der Waals surface area contributed by atoms with Crippen LogP contribution in [0.15, 0.2) is 30.3 Å². The molecular weight excluding hydrogens is 360 g/mol. The standard InChI is InChI=1S/C19H18N6OS/c1-11-10-12(2)25-19(20-11)22-16(23-25)18(26)24-9-5-7-14(24)17-21-13-6-3-4-8-15(13)27-17/h3-4,6,8,10,14H,5,7,9H2,1-2H3/t14-/m0/s1. The van der Waals surface area contributed by atoms with Gasteiger partial charge in [0, 0.05) is 17.9 Å². The van der Waals surface area contributed by atoms with Gasteiger partial charge in [0.25, 0.3) is 11.7 Å². The van der Waals surface area contributed by atoms with Gasteiger partial charge in [-0.3, -0.25) is 4.79 Å². The highest BCUT2D eigenvalue weighted by molar-refractivity contribution is 7.18. The van der Waals surface area contributed by atoms with Gasteiger partial charge >= 0.3 is 0 Å². The smallest absolute Gasteiger partial charge is 0.294 e. The van der Waals surface area contributed by atoms with E-state index in [9.17, 15) is 4.79 Å². The number of para-hydroxylation sites is 1. The average molecular weight is 378 g/mol. The van der Waals surface area contributed by atoms with Crippen LogP contribution in [0.25, 0.3) is 16.0 Å². The van der Waals surface area contributed by atoms with Crippen molar-refractivity contribution in [2.24, 2.45) is 0 Å². The van der Waals surface area contributed by atoms with Gasteiger partial charge in [-0.2, -0.15) is 4.98 Å². The molecule has 3 aromatic heterocycles. The number of nitrogens with zero attached hydrogens (tertiary/aromatic N) is 6. The molecule has 5 rings (SSSR count). The summed E-state index contributed by atoms with van der Waals surface area (Å²) in [5.74, 6) is 0.509. The number of likely N-dealkylation sites (tertiary alicyclic amines) is 1. The second kappa shape index (κ2) is 6.09. The van der Waals surface area contributed by atoms with E-state index < -0.39 is 0 Å². The third kappa shape index (κ3) is 2.68. The largest absolute Gasteiger partial charge is 0.326 e. The van der Waals surface area contributed by atoms with Gasteiger partial charge in [-0.05, 0) is 44.9 Å². The number of carbonyl (C=O) groups excluding carboxylic acids is 1. The molecule has 1 aromatic carbocycles. The van der Waals surface area contributed by atoms with Gasteiger partial charge < -0.3 is 4.90 Å². The van der Waals surface area contributed by atoms with E-state index in [1.165, 1.54) is 0 Å². The van der Waals surface area contributed by atoms with Crippen molar-refractivity contribution in [2.75, 3.05) is 6.54 Å². The topological polar surface area (TPSA) is 76.3 Å². The number of aryl methyl sites for hydroxylation is 2. The van der Waals surface area contributed by atoms with Crippen LogP contribution < -0.4 is 0 Å². The molecule has 1 aliphatic heterocycles. The number of rotatable bonds is 2. The Kier molecular flexibility index (Phi) is 3.68. The monoisotopic (exact) mass is 378 g/mol. The van der Waals surface area contributed by atoms with Crippen molar-refractivity contribution in [3.05, 3.63) is 52.6 Å². The summed E-state index contributed by atoms with van der Waals surface area (Å²) in [7, 11) is 0. The highest BCUT2D eigenvalue weighted by atomic mass is 32.1.